The van der Waals surface area contributed by atoms with Crippen molar-refractivity contribution in [2.24, 2.45) is 0 Å². The predicted octanol–water partition coefficient (Wildman–Crippen LogP) is 2.92. The monoisotopic (exact) mass is 394 g/mol. The van der Waals surface area contributed by atoms with Crippen LogP contribution in [0.1, 0.15) is 36.2 Å². The number of carbonyl (C=O) groups is 1. The lowest BCUT2D eigenvalue weighted by Crippen LogP contribution is -2.30. The zero-order valence-corrected chi connectivity index (χ0v) is 16.4. The number of thiophene rings is 1. The smallest absolute Gasteiger partial charge is 0.253 e. The van der Waals surface area contributed by atoms with Crippen LogP contribution < -0.4 is 10.1 Å². The highest BCUT2D eigenvalue weighted by atomic mass is 32.2. The summed E-state index contributed by atoms with van der Waals surface area (Å²) in [6.45, 7) is 2.30. The normalized spacial score (nSPS) is 18.0. The lowest BCUT2D eigenvalue weighted by atomic mass is 10.1. The van der Waals surface area contributed by atoms with Gasteiger partial charge in [-0.15, -0.1) is 11.3 Å². The summed E-state index contributed by atoms with van der Waals surface area (Å²) in [7, 11) is -1.95. The number of ether oxygens (including phenoxy) is 1. The van der Waals surface area contributed by atoms with Crippen molar-refractivity contribution in [1.82, 2.24) is 9.62 Å². The second-order valence-electron chi connectivity index (χ2n) is 6.18. The molecule has 1 saturated heterocycles. The van der Waals surface area contributed by atoms with Gasteiger partial charge in [0.1, 0.15) is 9.96 Å². The predicted molar refractivity (Wildman–Crippen MR) is 101 cm³/mol. The van der Waals surface area contributed by atoms with Crippen molar-refractivity contribution in [2.45, 2.75) is 36.6 Å². The van der Waals surface area contributed by atoms with Crippen molar-refractivity contribution in [3.63, 3.8) is 0 Å². The standard InChI is InChI=1S/C18H22N2O4S2/c1-13(21)19-12-16-9-10-18(25-16)26(22,23)20-11-3-4-17(20)14-5-7-15(24-2)8-6-14/h5-10,17H,3-4,11-12H2,1-2H3,(H,19,21). The van der Waals surface area contributed by atoms with Crippen molar-refractivity contribution in [2.75, 3.05) is 13.7 Å². The van der Waals surface area contributed by atoms with Gasteiger partial charge in [0.15, 0.2) is 0 Å². The minimum atomic E-state index is -3.56. The molecule has 1 amide bonds. The number of hydrogen-bond acceptors (Lipinski definition) is 5. The molecule has 2 heterocycles. The van der Waals surface area contributed by atoms with E-state index in [1.165, 1.54) is 18.3 Å². The molecule has 1 N–H and O–H groups in total. The van der Waals surface area contributed by atoms with Gasteiger partial charge >= 0.3 is 0 Å². The van der Waals surface area contributed by atoms with E-state index in [-0.39, 0.29) is 11.9 Å². The molecule has 3 rings (SSSR count). The molecule has 2 aromatic rings. The first kappa shape index (κ1) is 18.9. The van der Waals surface area contributed by atoms with E-state index in [1.807, 2.05) is 24.3 Å². The Kier molecular flexibility index (Phi) is 5.64. The third kappa shape index (κ3) is 3.92. The van der Waals surface area contributed by atoms with Crippen LogP contribution in [0.25, 0.3) is 0 Å². The van der Waals surface area contributed by atoms with Gasteiger partial charge < -0.3 is 10.1 Å². The topological polar surface area (TPSA) is 75.7 Å². The number of amides is 1. The van der Waals surface area contributed by atoms with Crippen LogP contribution in [-0.2, 0) is 21.4 Å². The SMILES string of the molecule is COc1ccc(C2CCCN2S(=O)(=O)c2ccc(CNC(C)=O)s2)cc1. The maximum Gasteiger partial charge on any atom is 0.253 e. The summed E-state index contributed by atoms with van der Waals surface area (Å²) in [5, 5.41) is 2.69. The van der Waals surface area contributed by atoms with E-state index in [2.05, 4.69) is 5.32 Å². The Labute approximate surface area is 157 Å². The molecule has 0 radical (unpaired) electrons. The summed E-state index contributed by atoms with van der Waals surface area (Å²) in [5.41, 5.74) is 0.974. The van der Waals surface area contributed by atoms with Crippen molar-refractivity contribution in [1.29, 1.82) is 0 Å². The summed E-state index contributed by atoms with van der Waals surface area (Å²) in [4.78, 5) is 11.9. The fourth-order valence-corrected chi connectivity index (χ4v) is 6.21. The summed E-state index contributed by atoms with van der Waals surface area (Å²) >= 11 is 1.21. The fourth-order valence-electron chi connectivity index (χ4n) is 3.11. The maximum atomic E-state index is 13.1. The van der Waals surface area contributed by atoms with Crippen LogP contribution in [0.15, 0.2) is 40.6 Å². The average Bonchev–Trinajstić information content (AvgIpc) is 3.30. The number of nitrogens with one attached hydrogen (secondary N) is 1. The average molecular weight is 395 g/mol. The molecule has 1 aromatic heterocycles. The lowest BCUT2D eigenvalue weighted by Gasteiger charge is -2.24. The van der Waals surface area contributed by atoms with Crippen molar-refractivity contribution in [3.8, 4) is 5.75 Å². The van der Waals surface area contributed by atoms with Gasteiger partial charge in [-0.05, 0) is 42.7 Å². The molecule has 1 aromatic carbocycles. The molecule has 1 aliphatic heterocycles. The molecule has 1 unspecified atom stereocenters. The Morgan fingerprint density at radius 3 is 2.65 bits per heavy atom. The van der Waals surface area contributed by atoms with Gasteiger partial charge in [-0.2, -0.15) is 4.31 Å². The highest BCUT2D eigenvalue weighted by Gasteiger charge is 2.36. The van der Waals surface area contributed by atoms with Crippen molar-refractivity contribution >= 4 is 27.3 Å². The molecule has 8 heteroatoms. The molecule has 0 spiro atoms. The van der Waals surface area contributed by atoms with Crippen LogP contribution >= 0.6 is 11.3 Å². The largest absolute Gasteiger partial charge is 0.497 e. The van der Waals surface area contributed by atoms with Gasteiger partial charge in [0, 0.05) is 18.3 Å². The van der Waals surface area contributed by atoms with Crippen LogP contribution in [0.3, 0.4) is 0 Å². The first-order valence-electron chi connectivity index (χ1n) is 8.41. The molecule has 0 aliphatic carbocycles. The van der Waals surface area contributed by atoms with Crippen LogP contribution in [-0.4, -0.2) is 32.3 Å². The first-order valence-corrected chi connectivity index (χ1v) is 10.7. The number of sulfonamides is 1. The van der Waals surface area contributed by atoms with E-state index in [0.717, 1.165) is 29.0 Å². The zero-order chi connectivity index (χ0) is 18.7. The Balaban J connectivity index is 1.82. The maximum absolute atomic E-state index is 13.1. The molecule has 1 fully saturated rings. The lowest BCUT2D eigenvalue weighted by molar-refractivity contribution is -0.119. The summed E-state index contributed by atoms with van der Waals surface area (Å²) in [6.07, 6.45) is 1.63. The number of hydrogen-bond donors (Lipinski definition) is 1. The molecule has 26 heavy (non-hydrogen) atoms. The summed E-state index contributed by atoms with van der Waals surface area (Å²) in [5.74, 6) is 0.615. The van der Waals surface area contributed by atoms with Gasteiger partial charge in [-0.1, -0.05) is 12.1 Å². The van der Waals surface area contributed by atoms with Gasteiger partial charge in [0.05, 0.1) is 19.7 Å². The van der Waals surface area contributed by atoms with Crippen LogP contribution in [0.2, 0.25) is 0 Å². The van der Waals surface area contributed by atoms with Crippen LogP contribution in [0, 0.1) is 0 Å². The Morgan fingerprint density at radius 2 is 2.00 bits per heavy atom. The minimum Gasteiger partial charge on any atom is -0.497 e. The Hall–Kier alpha value is -1.90. The molecule has 0 saturated carbocycles. The number of nitrogens with zero attached hydrogens (tertiary/aromatic N) is 1. The molecule has 1 aliphatic rings. The Morgan fingerprint density at radius 1 is 1.27 bits per heavy atom. The van der Waals surface area contributed by atoms with E-state index in [4.69, 9.17) is 4.74 Å². The van der Waals surface area contributed by atoms with Gasteiger partial charge in [0.25, 0.3) is 10.0 Å². The fraction of sp³-hybridized carbons (Fsp3) is 0.389. The van der Waals surface area contributed by atoms with E-state index in [9.17, 15) is 13.2 Å². The Bertz CT molecular complexity index is 875. The van der Waals surface area contributed by atoms with Crippen molar-refractivity contribution in [3.05, 3.63) is 46.8 Å². The van der Waals surface area contributed by atoms with Crippen molar-refractivity contribution < 1.29 is 17.9 Å². The van der Waals surface area contributed by atoms with Gasteiger partial charge in [0.2, 0.25) is 5.91 Å². The van der Waals surface area contributed by atoms with Crippen LogP contribution in [0.5, 0.6) is 5.75 Å². The third-order valence-corrected chi connectivity index (χ3v) is 7.88. The highest BCUT2D eigenvalue weighted by molar-refractivity contribution is 7.91. The van der Waals surface area contributed by atoms with Gasteiger partial charge in [-0.3, -0.25) is 4.79 Å². The number of benzene rings is 1. The quantitative estimate of drug-likeness (QED) is 0.817. The number of rotatable bonds is 6. The molecular formula is C18H22N2O4S2. The summed E-state index contributed by atoms with van der Waals surface area (Å²) in [6, 6.07) is 10.8. The number of methoxy groups -OCH3 is 1. The van der Waals surface area contributed by atoms with E-state index >= 15 is 0 Å². The molecule has 140 valence electrons. The van der Waals surface area contributed by atoms with Gasteiger partial charge in [-0.25, -0.2) is 8.42 Å². The zero-order valence-electron chi connectivity index (χ0n) is 14.8. The second kappa shape index (κ2) is 7.77. The highest BCUT2D eigenvalue weighted by Crippen LogP contribution is 2.38. The second-order valence-corrected chi connectivity index (χ2v) is 9.46. The third-order valence-electron chi connectivity index (χ3n) is 4.42. The molecule has 0 bridgehead atoms. The minimum absolute atomic E-state index is 0.137. The molecular weight excluding hydrogens is 372 g/mol. The summed E-state index contributed by atoms with van der Waals surface area (Å²) < 4.78 is 33.3. The number of carbonyl (C=O) groups excluding carboxylic acids is 1. The van der Waals surface area contributed by atoms with E-state index in [0.29, 0.717) is 17.3 Å². The first-order chi connectivity index (χ1) is 12.4. The molecule has 1 atom stereocenters. The molecule has 6 nitrogen and oxygen atoms in total. The van der Waals surface area contributed by atoms with E-state index in [1.54, 1.807) is 23.5 Å². The van der Waals surface area contributed by atoms with E-state index < -0.39 is 10.0 Å². The van der Waals surface area contributed by atoms with Crippen LogP contribution in [0.4, 0.5) is 0 Å².